The summed E-state index contributed by atoms with van der Waals surface area (Å²) in [6.07, 6.45) is 3.75. The minimum atomic E-state index is -0.133. The molecule has 0 bridgehead atoms. The third-order valence-electron chi connectivity index (χ3n) is 3.29. The van der Waals surface area contributed by atoms with Crippen molar-refractivity contribution in [2.24, 2.45) is 0 Å². The fraction of sp³-hybridized carbons (Fsp3) is 0.600. The molecule has 0 amide bonds. The van der Waals surface area contributed by atoms with E-state index in [2.05, 4.69) is 43.1 Å². The van der Waals surface area contributed by atoms with Crippen LogP contribution in [0.1, 0.15) is 38.7 Å². The van der Waals surface area contributed by atoms with E-state index in [9.17, 15) is 5.11 Å². The van der Waals surface area contributed by atoms with Gasteiger partial charge in [0.2, 0.25) is 0 Å². The molecular weight excluding hydrogens is 210 g/mol. The number of anilines is 1. The highest BCUT2D eigenvalue weighted by Gasteiger charge is 2.03. The Bertz CT molecular complexity index is 307. The topological polar surface area (TPSA) is 23.5 Å². The van der Waals surface area contributed by atoms with Gasteiger partial charge < -0.3 is 10.0 Å². The normalized spacial score (nSPS) is 12.5. The van der Waals surface area contributed by atoms with Crippen LogP contribution in [0.15, 0.2) is 24.3 Å². The van der Waals surface area contributed by atoms with E-state index in [1.54, 1.807) is 0 Å². The molecule has 0 aliphatic rings. The summed E-state index contributed by atoms with van der Waals surface area (Å²) in [6, 6.07) is 8.73. The second kappa shape index (κ2) is 7.33. The van der Waals surface area contributed by atoms with Gasteiger partial charge in [0, 0.05) is 19.3 Å². The summed E-state index contributed by atoms with van der Waals surface area (Å²) in [7, 11) is 2.11. The molecule has 0 saturated carbocycles. The molecule has 1 aromatic carbocycles. The van der Waals surface area contributed by atoms with Crippen molar-refractivity contribution >= 4 is 5.69 Å². The summed E-state index contributed by atoms with van der Waals surface area (Å²) in [5.74, 6) is 0. The van der Waals surface area contributed by atoms with Crippen molar-refractivity contribution in [3.63, 3.8) is 0 Å². The maximum absolute atomic E-state index is 9.49. The van der Waals surface area contributed by atoms with E-state index in [4.69, 9.17) is 0 Å². The van der Waals surface area contributed by atoms with E-state index in [1.807, 2.05) is 6.92 Å². The van der Waals surface area contributed by atoms with Crippen LogP contribution >= 0.6 is 0 Å². The number of aliphatic hydroxyl groups excluding tert-OH is 1. The highest BCUT2D eigenvalue weighted by Crippen LogP contribution is 2.15. The zero-order valence-electron chi connectivity index (χ0n) is 11.3. The molecule has 0 radical (unpaired) electrons. The number of aliphatic hydroxyl groups is 1. The van der Waals surface area contributed by atoms with Crippen molar-refractivity contribution in [3.8, 4) is 0 Å². The van der Waals surface area contributed by atoms with Crippen LogP contribution in [0, 0.1) is 0 Å². The highest BCUT2D eigenvalue weighted by molar-refractivity contribution is 5.46. The van der Waals surface area contributed by atoms with Crippen LogP contribution in [0.3, 0.4) is 0 Å². The Labute approximate surface area is 105 Å². The van der Waals surface area contributed by atoms with Gasteiger partial charge in [0.15, 0.2) is 0 Å². The van der Waals surface area contributed by atoms with Gasteiger partial charge in [-0.1, -0.05) is 26.0 Å². The molecule has 17 heavy (non-hydrogen) atoms. The summed E-state index contributed by atoms with van der Waals surface area (Å²) in [5.41, 5.74) is 2.64. The van der Waals surface area contributed by atoms with Crippen molar-refractivity contribution in [2.45, 2.75) is 45.6 Å². The lowest BCUT2D eigenvalue weighted by Crippen LogP contribution is -2.19. The summed E-state index contributed by atoms with van der Waals surface area (Å²) >= 11 is 0. The maximum Gasteiger partial charge on any atom is 0.0538 e. The molecule has 0 heterocycles. The van der Waals surface area contributed by atoms with E-state index in [0.29, 0.717) is 0 Å². The first-order valence-electron chi connectivity index (χ1n) is 6.65. The van der Waals surface area contributed by atoms with Gasteiger partial charge in [-0.3, -0.25) is 0 Å². The minimum absolute atomic E-state index is 0.133. The van der Waals surface area contributed by atoms with Crippen LogP contribution in [0.2, 0.25) is 0 Å². The predicted molar refractivity (Wildman–Crippen MR) is 74.6 cm³/mol. The molecule has 1 atom stereocenters. The lowest BCUT2D eigenvalue weighted by Gasteiger charge is -2.20. The summed E-state index contributed by atoms with van der Waals surface area (Å²) in [4.78, 5) is 2.25. The highest BCUT2D eigenvalue weighted by atomic mass is 16.3. The zero-order chi connectivity index (χ0) is 12.7. The van der Waals surface area contributed by atoms with Gasteiger partial charge in [0.05, 0.1) is 6.10 Å². The molecule has 1 unspecified atom stereocenters. The standard InChI is InChI=1S/C15H25NO/c1-4-13-8-10-14(11-9-13)16(3)12-6-7-15(17)5-2/h8-11,15,17H,4-7,12H2,1-3H3. The van der Waals surface area contributed by atoms with Gasteiger partial charge in [-0.2, -0.15) is 0 Å². The number of hydrogen-bond donors (Lipinski definition) is 1. The number of hydrogen-bond acceptors (Lipinski definition) is 2. The average molecular weight is 235 g/mol. The first kappa shape index (κ1) is 14.0. The first-order chi connectivity index (χ1) is 8.17. The van der Waals surface area contributed by atoms with Crippen LogP contribution in [0.5, 0.6) is 0 Å². The molecule has 2 nitrogen and oxygen atoms in total. The number of nitrogens with zero attached hydrogens (tertiary/aromatic N) is 1. The van der Waals surface area contributed by atoms with Gasteiger partial charge in [0.25, 0.3) is 0 Å². The quantitative estimate of drug-likeness (QED) is 0.784. The SMILES string of the molecule is CCc1ccc(N(C)CCCC(O)CC)cc1. The van der Waals surface area contributed by atoms with Crippen molar-refractivity contribution in [1.82, 2.24) is 0 Å². The molecule has 0 aliphatic carbocycles. The summed E-state index contributed by atoms with van der Waals surface area (Å²) in [5, 5.41) is 9.49. The smallest absolute Gasteiger partial charge is 0.0538 e. The van der Waals surface area contributed by atoms with Crippen LogP contribution < -0.4 is 4.90 Å². The predicted octanol–water partition coefficient (Wildman–Crippen LogP) is 3.24. The third-order valence-corrected chi connectivity index (χ3v) is 3.29. The maximum atomic E-state index is 9.49. The Kier molecular flexibility index (Phi) is 6.06. The molecule has 96 valence electrons. The fourth-order valence-electron chi connectivity index (χ4n) is 1.88. The molecule has 0 spiro atoms. The Hall–Kier alpha value is -1.02. The van der Waals surface area contributed by atoms with Crippen LogP contribution in [-0.4, -0.2) is 24.8 Å². The molecule has 0 aliphatic heterocycles. The number of aryl methyl sites for hydroxylation is 1. The molecule has 1 N–H and O–H groups in total. The second-order valence-electron chi connectivity index (χ2n) is 4.65. The van der Waals surface area contributed by atoms with Crippen molar-refractivity contribution in [1.29, 1.82) is 0 Å². The first-order valence-corrected chi connectivity index (χ1v) is 6.65. The molecule has 1 rings (SSSR count). The van der Waals surface area contributed by atoms with Gasteiger partial charge in [-0.25, -0.2) is 0 Å². The minimum Gasteiger partial charge on any atom is -0.393 e. The molecule has 0 fully saturated rings. The van der Waals surface area contributed by atoms with E-state index in [-0.39, 0.29) is 6.10 Å². The molecule has 2 heteroatoms. The van der Waals surface area contributed by atoms with Crippen LogP contribution in [0.4, 0.5) is 5.69 Å². The van der Waals surface area contributed by atoms with E-state index < -0.39 is 0 Å². The van der Waals surface area contributed by atoms with E-state index >= 15 is 0 Å². The Balaban J connectivity index is 2.38. The summed E-state index contributed by atoms with van der Waals surface area (Å²) in [6.45, 7) is 5.20. The Morgan fingerprint density at radius 2 is 1.82 bits per heavy atom. The van der Waals surface area contributed by atoms with Crippen molar-refractivity contribution in [3.05, 3.63) is 29.8 Å². The van der Waals surface area contributed by atoms with Crippen molar-refractivity contribution in [2.75, 3.05) is 18.5 Å². The second-order valence-corrected chi connectivity index (χ2v) is 4.65. The average Bonchev–Trinajstić information content (AvgIpc) is 2.38. The lowest BCUT2D eigenvalue weighted by atomic mass is 10.1. The van der Waals surface area contributed by atoms with Crippen molar-refractivity contribution < 1.29 is 5.11 Å². The van der Waals surface area contributed by atoms with E-state index in [0.717, 1.165) is 32.2 Å². The lowest BCUT2D eigenvalue weighted by molar-refractivity contribution is 0.158. The Morgan fingerprint density at radius 3 is 2.35 bits per heavy atom. The molecule has 0 aromatic heterocycles. The van der Waals surface area contributed by atoms with E-state index in [1.165, 1.54) is 11.3 Å². The number of rotatable bonds is 7. The Morgan fingerprint density at radius 1 is 1.18 bits per heavy atom. The monoisotopic (exact) mass is 235 g/mol. The van der Waals surface area contributed by atoms with Crippen LogP contribution in [-0.2, 0) is 6.42 Å². The van der Waals surface area contributed by atoms with Gasteiger partial charge in [0.1, 0.15) is 0 Å². The zero-order valence-corrected chi connectivity index (χ0v) is 11.3. The molecule has 0 saturated heterocycles. The molecule has 1 aromatic rings. The van der Waals surface area contributed by atoms with Gasteiger partial charge >= 0.3 is 0 Å². The van der Waals surface area contributed by atoms with Gasteiger partial charge in [-0.05, 0) is 43.4 Å². The van der Waals surface area contributed by atoms with Crippen LogP contribution in [0.25, 0.3) is 0 Å². The third kappa shape index (κ3) is 4.78. The summed E-state index contributed by atoms with van der Waals surface area (Å²) < 4.78 is 0. The fourth-order valence-corrected chi connectivity index (χ4v) is 1.88. The molecular formula is C15H25NO. The largest absolute Gasteiger partial charge is 0.393 e. The van der Waals surface area contributed by atoms with Gasteiger partial charge in [-0.15, -0.1) is 0 Å². The number of benzene rings is 1.